The number of carbonyl (C=O) groups is 3. The fourth-order valence-electron chi connectivity index (χ4n) is 3.12. The van der Waals surface area contributed by atoms with Crippen molar-refractivity contribution in [3.63, 3.8) is 0 Å². The molecule has 0 heterocycles. The molecule has 30 heavy (non-hydrogen) atoms. The van der Waals surface area contributed by atoms with Crippen molar-refractivity contribution in [2.24, 2.45) is 5.92 Å². The topological polar surface area (TPSA) is 69.7 Å². The third-order valence-electron chi connectivity index (χ3n) is 4.41. The van der Waals surface area contributed by atoms with E-state index in [9.17, 15) is 14.4 Å². The second-order valence-corrected chi connectivity index (χ2v) is 8.52. The molecule has 0 bridgehead atoms. The normalized spacial score (nSPS) is 12.1. The second-order valence-electron chi connectivity index (χ2n) is 7.60. The maximum atomic E-state index is 13.0. The molecule has 0 unspecified atom stereocenters. The van der Waals surface area contributed by atoms with Gasteiger partial charge in [-0.1, -0.05) is 58.4 Å². The van der Waals surface area contributed by atoms with E-state index in [2.05, 4.69) is 15.9 Å². The number of benzene rings is 2. The van der Waals surface area contributed by atoms with Crippen LogP contribution in [0.2, 0.25) is 0 Å². The molecule has 1 atom stereocenters. The van der Waals surface area contributed by atoms with Gasteiger partial charge in [0, 0.05) is 22.4 Å². The highest BCUT2D eigenvalue weighted by atomic mass is 79.9. The van der Waals surface area contributed by atoms with E-state index in [1.54, 1.807) is 64.1 Å². The van der Waals surface area contributed by atoms with E-state index in [1.165, 1.54) is 0 Å². The Labute approximate surface area is 185 Å². The van der Waals surface area contributed by atoms with E-state index < -0.39 is 36.0 Å². The Kier molecular flexibility index (Phi) is 8.78. The molecular formula is C24H27BrO5. The van der Waals surface area contributed by atoms with Crippen molar-refractivity contribution in [2.45, 2.75) is 52.2 Å². The summed E-state index contributed by atoms with van der Waals surface area (Å²) in [5, 5.41) is 0. The third-order valence-corrected chi connectivity index (χ3v) is 4.94. The van der Waals surface area contributed by atoms with Crippen molar-refractivity contribution in [3.05, 3.63) is 70.2 Å². The van der Waals surface area contributed by atoms with Crippen LogP contribution >= 0.6 is 15.9 Å². The molecule has 0 amide bonds. The zero-order chi connectivity index (χ0) is 22.3. The zero-order valence-electron chi connectivity index (χ0n) is 17.6. The standard InChI is InChI=1S/C24H27BrO5/c1-15(2)29-23(27)22(24(28)30-16(3)4)20(17-8-6-5-7-9-17)14-21(26)18-10-12-19(25)13-11-18/h5-13,15-16,20,22H,14H2,1-4H3/t20-/m1/s1. The Bertz CT molecular complexity index is 837. The number of ether oxygens (including phenoxy) is 2. The molecule has 6 heteroatoms. The summed E-state index contributed by atoms with van der Waals surface area (Å²) in [6, 6.07) is 16.0. The van der Waals surface area contributed by atoms with Crippen LogP contribution in [0.25, 0.3) is 0 Å². The Balaban J connectivity index is 2.44. The highest BCUT2D eigenvalue weighted by Crippen LogP contribution is 2.32. The van der Waals surface area contributed by atoms with E-state index in [-0.39, 0.29) is 12.2 Å². The van der Waals surface area contributed by atoms with Crippen molar-refractivity contribution in [3.8, 4) is 0 Å². The number of hydrogen-bond donors (Lipinski definition) is 0. The molecule has 2 aromatic rings. The number of hydrogen-bond acceptors (Lipinski definition) is 5. The van der Waals surface area contributed by atoms with Gasteiger partial charge >= 0.3 is 11.9 Å². The van der Waals surface area contributed by atoms with Gasteiger partial charge in [0.1, 0.15) is 0 Å². The average Bonchev–Trinajstić information content (AvgIpc) is 2.67. The van der Waals surface area contributed by atoms with Gasteiger partial charge in [-0.2, -0.15) is 0 Å². The van der Waals surface area contributed by atoms with Crippen LogP contribution in [-0.2, 0) is 19.1 Å². The molecule has 0 aliphatic carbocycles. The van der Waals surface area contributed by atoms with Gasteiger partial charge in [0.15, 0.2) is 11.7 Å². The first-order valence-corrected chi connectivity index (χ1v) is 10.7. The van der Waals surface area contributed by atoms with Crippen LogP contribution in [0, 0.1) is 5.92 Å². The molecule has 2 rings (SSSR count). The third kappa shape index (κ3) is 6.80. The monoisotopic (exact) mass is 474 g/mol. The molecule has 0 saturated heterocycles. The molecule has 2 aromatic carbocycles. The first kappa shape index (κ1) is 23.8. The van der Waals surface area contributed by atoms with Gasteiger partial charge in [-0.15, -0.1) is 0 Å². The van der Waals surface area contributed by atoms with Crippen LogP contribution in [-0.4, -0.2) is 29.9 Å². The van der Waals surface area contributed by atoms with Crippen molar-refractivity contribution >= 4 is 33.7 Å². The van der Waals surface area contributed by atoms with E-state index in [0.717, 1.165) is 4.47 Å². The molecule has 0 aliphatic heterocycles. The van der Waals surface area contributed by atoms with Crippen molar-refractivity contribution in [2.75, 3.05) is 0 Å². The van der Waals surface area contributed by atoms with Gasteiger partial charge in [0.25, 0.3) is 0 Å². The van der Waals surface area contributed by atoms with Gasteiger partial charge in [-0.05, 0) is 45.4 Å². The Morgan fingerprint density at radius 1 is 0.800 bits per heavy atom. The summed E-state index contributed by atoms with van der Waals surface area (Å²) < 4.78 is 11.6. The minimum atomic E-state index is -1.24. The summed E-state index contributed by atoms with van der Waals surface area (Å²) in [5.74, 6) is -3.49. The second kappa shape index (κ2) is 11.1. The maximum Gasteiger partial charge on any atom is 0.321 e. The van der Waals surface area contributed by atoms with Crippen LogP contribution in [0.4, 0.5) is 0 Å². The highest BCUT2D eigenvalue weighted by molar-refractivity contribution is 9.10. The summed E-state index contributed by atoms with van der Waals surface area (Å²) in [6.45, 7) is 6.86. The summed E-state index contributed by atoms with van der Waals surface area (Å²) in [6.07, 6.45) is -0.827. The number of halogens is 1. The maximum absolute atomic E-state index is 13.0. The number of rotatable bonds is 9. The lowest BCUT2D eigenvalue weighted by atomic mass is 9.81. The molecular weight excluding hydrogens is 448 g/mol. The lowest BCUT2D eigenvalue weighted by Gasteiger charge is -2.26. The van der Waals surface area contributed by atoms with E-state index >= 15 is 0 Å². The number of Topliss-reactive ketones (excluding diaryl/α,β-unsaturated/α-hetero) is 1. The highest BCUT2D eigenvalue weighted by Gasteiger charge is 2.40. The van der Waals surface area contributed by atoms with Crippen molar-refractivity contribution in [1.82, 2.24) is 0 Å². The Morgan fingerprint density at radius 3 is 1.77 bits per heavy atom. The van der Waals surface area contributed by atoms with Crippen molar-refractivity contribution in [1.29, 1.82) is 0 Å². The minimum Gasteiger partial charge on any atom is -0.462 e. The molecule has 0 saturated carbocycles. The van der Waals surface area contributed by atoms with E-state index in [4.69, 9.17) is 9.47 Å². The van der Waals surface area contributed by atoms with Gasteiger partial charge in [-0.25, -0.2) is 0 Å². The fourth-order valence-corrected chi connectivity index (χ4v) is 3.38. The zero-order valence-corrected chi connectivity index (χ0v) is 19.2. The quantitative estimate of drug-likeness (QED) is 0.279. The number of carbonyl (C=O) groups excluding carboxylic acids is 3. The summed E-state index contributed by atoms with van der Waals surface area (Å²) in [4.78, 5) is 38.8. The fraction of sp³-hybridized carbons (Fsp3) is 0.375. The Hall–Kier alpha value is -2.47. The predicted molar refractivity (Wildman–Crippen MR) is 118 cm³/mol. The van der Waals surface area contributed by atoms with Crippen LogP contribution in [0.5, 0.6) is 0 Å². The molecule has 0 aromatic heterocycles. The van der Waals surface area contributed by atoms with E-state index in [0.29, 0.717) is 11.1 Å². The lowest BCUT2D eigenvalue weighted by molar-refractivity contribution is -0.167. The van der Waals surface area contributed by atoms with Crippen LogP contribution in [0.15, 0.2) is 59.1 Å². The SMILES string of the molecule is CC(C)OC(=O)C(C(=O)OC(C)C)[C@H](CC(=O)c1ccc(Br)cc1)c1ccccc1. The number of esters is 2. The first-order chi connectivity index (χ1) is 14.2. The lowest BCUT2D eigenvalue weighted by Crippen LogP contribution is -2.36. The predicted octanol–water partition coefficient (Wildman–Crippen LogP) is 5.33. The van der Waals surface area contributed by atoms with Crippen LogP contribution in [0.1, 0.15) is 56.0 Å². The smallest absolute Gasteiger partial charge is 0.321 e. The van der Waals surface area contributed by atoms with Crippen LogP contribution in [0.3, 0.4) is 0 Å². The van der Waals surface area contributed by atoms with Crippen molar-refractivity contribution < 1.29 is 23.9 Å². The molecule has 5 nitrogen and oxygen atoms in total. The summed E-state index contributed by atoms with van der Waals surface area (Å²) in [7, 11) is 0. The number of ketones is 1. The largest absolute Gasteiger partial charge is 0.462 e. The molecule has 0 fully saturated rings. The Morgan fingerprint density at radius 2 is 1.30 bits per heavy atom. The van der Waals surface area contributed by atoms with Gasteiger partial charge in [0.2, 0.25) is 0 Å². The molecule has 0 N–H and O–H groups in total. The molecule has 0 aliphatic rings. The summed E-state index contributed by atoms with van der Waals surface area (Å²) in [5.41, 5.74) is 1.21. The first-order valence-electron chi connectivity index (χ1n) is 9.93. The van der Waals surface area contributed by atoms with Gasteiger partial charge < -0.3 is 9.47 Å². The van der Waals surface area contributed by atoms with Gasteiger partial charge in [-0.3, -0.25) is 14.4 Å². The van der Waals surface area contributed by atoms with Crippen LogP contribution < -0.4 is 0 Å². The average molecular weight is 475 g/mol. The minimum absolute atomic E-state index is 0.0310. The molecule has 160 valence electrons. The summed E-state index contributed by atoms with van der Waals surface area (Å²) >= 11 is 3.36. The molecule has 0 spiro atoms. The van der Waals surface area contributed by atoms with Gasteiger partial charge in [0.05, 0.1) is 12.2 Å². The van der Waals surface area contributed by atoms with E-state index in [1.807, 2.05) is 18.2 Å². The molecule has 0 radical (unpaired) electrons.